The van der Waals surface area contributed by atoms with Gasteiger partial charge < -0.3 is 14.7 Å². The highest BCUT2D eigenvalue weighted by atomic mass is 16.5. The van der Waals surface area contributed by atoms with Gasteiger partial charge in [-0.15, -0.1) is 0 Å². The van der Waals surface area contributed by atoms with Crippen molar-refractivity contribution in [1.29, 1.82) is 0 Å². The lowest BCUT2D eigenvalue weighted by Crippen LogP contribution is -2.29. The summed E-state index contributed by atoms with van der Waals surface area (Å²) in [4.78, 5) is 29.4. The van der Waals surface area contributed by atoms with Gasteiger partial charge in [0.05, 0.1) is 12.7 Å². The van der Waals surface area contributed by atoms with Crippen LogP contribution < -0.4 is 4.74 Å². The number of carboxylic acids is 1. The average Bonchev–Trinajstić information content (AvgIpc) is 3.11. The molecule has 1 amide bonds. The Morgan fingerprint density at radius 2 is 2.08 bits per heavy atom. The van der Waals surface area contributed by atoms with Gasteiger partial charge in [-0.1, -0.05) is 18.2 Å². The van der Waals surface area contributed by atoms with Crippen molar-refractivity contribution in [2.24, 2.45) is 0 Å². The Labute approximate surface area is 139 Å². The van der Waals surface area contributed by atoms with Crippen molar-refractivity contribution in [1.82, 2.24) is 9.88 Å². The first-order valence-corrected chi connectivity index (χ1v) is 7.71. The summed E-state index contributed by atoms with van der Waals surface area (Å²) in [5, 5.41) is 9.04. The van der Waals surface area contributed by atoms with Gasteiger partial charge in [0.15, 0.2) is 0 Å². The van der Waals surface area contributed by atoms with Crippen LogP contribution in [0.5, 0.6) is 5.75 Å². The lowest BCUT2D eigenvalue weighted by atomic mass is 9.97. The predicted molar refractivity (Wildman–Crippen MR) is 87.5 cm³/mol. The van der Waals surface area contributed by atoms with Crippen molar-refractivity contribution in [3.05, 3.63) is 59.4 Å². The molecule has 1 atom stereocenters. The van der Waals surface area contributed by atoms with Crippen LogP contribution in [-0.4, -0.2) is 47.1 Å². The Bertz CT molecular complexity index is 775. The fraction of sp³-hybridized carbons (Fsp3) is 0.278. The van der Waals surface area contributed by atoms with Crippen LogP contribution in [0.4, 0.5) is 0 Å². The number of methoxy groups -OCH3 is 1. The number of hydrogen-bond acceptors (Lipinski definition) is 4. The van der Waals surface area contributed by atoms with Crippen LogP contribution in [0.3, 0.4) is 0 Å². The van der Waals surface area contributed by atoms with E-state index in [0.29, 0.717) is 13.1 Å². The van der Waals surface area contributed by atoms with Crippen molar-refractivity contribution in [2.75, 3.05) is 20.2 Å². The number of carboxylic acid groups (broad SMARTS) is 1. The SMILES string of the molecule is COc1ccccc1C1CCN(C(=O)c2cc(C(=O)O)ccn2)C1. The van der Waals surface area contributed by atoms with E-state index in [1.165, 1.54) is 18.3 Å². The first-order valence-electron chi connectivity index (χ1n) is 7.71. The van der Waals surface area contributed by atoms with Gasteiger partial charge in [0.1, 0.15) is 11.4 Å². The molecule has 0 radical (unpaired) electrons. The third kappa shape index (κ3) is 3.08. The zero-order valence-corrected chi connectivity index (χ0v) is 13.3. The topological polar surface area (TPSA) is 79.7 Å². The van der Waals surface area contributed by atoms with Crippen LogP contribution in [0, 0.1) is 0 Å². The molecule has 1 fully saturated rings. The molecule has 1 aliphatic rings. The minimum atomic E-state index is -1.07. The van der Waals surface area contributed by atoms with Crippen LogP contribution >= 0.6 is 0 Å². The van der Waals surface area contributed by atoms with Crippen molar-refractivity contribution in [3.8, 4) is 5.75 Å². The first kappa shape index (κ1) is 16.0. The number of benzene rings is 1. The minimum Gasteiger partial charge on any atom is -0.496 e. The van der Waals surface area contributed by atoms with Gasteiger partial charge in [-0.3, -0.25) is 9.78 Å². The van der Waals surface area contributed by atoms with E-state index in [9.17, 15) is 9.59 Å². The van der Waals surface area contributed by atoms with E-state index in [4.69, 9.17) is 9.84 Å². The zero-order chi connectivity index (χ0) is 17.1. The molecular weight excluding hydrogens is 308 g/mol. The summed E-state index contributed by atoms with van der Waals surface area (Å²) in [5.41, 5.74) is 1.31. The van der Waals surface area contributed by atoms with E-state index in [1.807, 2.05) is 24.3 Å². The smallest absolute Gasteiger partial charge is 0.335 e. The molecular formula is C18H18N2O4. The van der Waals surface area contributed by atoms with Crippen LogP contribution in [0.2, 0.25) is 0 Å². The first-order chi connectivity index (χ1) is 11.6. The van der Waals surface area contributed by atoms with Gasteiger partial charge in [-0.2, -0.15) is 0 Å². The molecule has 1 unspecified atom stereocenters. The van der Waals surface area contributed by atoms with E-state index in [2.05, 4.69) is 4.98 Å². The number of hydrogen-bond donors (Lipinski definition) is 1. The number of aromatic carboxylic acids is 1. The Hall–Kier alpha value is -2.89. The highest BCUT2D eigenvalue weighted by Gasteiger charge is 2.30. The Kier molecular flexibility index (Phi) is 4.46. The third-order valence-corrected chi connectivity index (χ3v) is 4.28. The second-order valence-electron chi connectivity index (χ2n) is 5.71. The highest BCUT2D eigenvalue weighted by molar-refractivity contribution is 5.96. The number of carbonyl (C=O) groups excluding carboxylic acids is 1. The molecule has 24 heavy (non-hydrogen) atoms. The molecule has 6 heteroatoms. The predicted octanol–water partition coefficient (Wildman–Crippen LogP) is 2.42. The second kappa shape index (κ2) is 6.70. The third-order valence-electron chi connectivity index (χ3n) is 4.28. The molecule has 1 aromatic heterocycles. The minimum absolute atomic E-state index is 0.0637. The number of para-hydroxylation sites is 1. The summed E-state index contributed by atoms with van der Waals surface area (Å²) in [6.45, 7) is 1.18. The van der Waals surface area contributed by atoms with E-state index in [-0.39, 0.29) is 23.1 Å². The normalized spacial score (nSPS) is 16.9. The monoisotopic (exact) mass is 326 g/mol. The Balaban J connectivity index is 1.77. The number of likely N-dealkylation sites (tertiary alicyclic amines) is 1. The highest BCUT2D eigenvalue weighted by Crippen LogP contribution is 2.33. The van der Waals surface area contributed by atoms with Crippen LogP contribution in [0.15, 0.2) is 42.6 Å². The van der Waals surface area contributed by atoms with Gasteiger partial charge in [-0.05, 0) is 30.2 Å². The number of ether oxygens (including phenoxy) is 1. The van der Waals surface area contributed by atoms with Crippen molar-refractivity contribution in [2.45, 2.75) is 12.3 Å². The second-order valence-corrected chi connectivity index (χ2v) is 5.71. The van der Waals surface area contributed by atoms with Crippen LogP contribution in [0.1, 0.15) is 38.7 Å². The van der Waals surface area contributed by atoms with E-state index in [0.717, 1.165) is 17.7 Å². The molecule has 1 N–H and O–H groups in total. The molecule has 1 aromatic carbocycles. The summed E-state index contributed by atoms with van der Waals surface area (Å²) in [7, 11) is 1.64. The van der Waals surface area contributed by atoms with Crippen molar-refractivity contribution < 1.29 is 19.4 Å². The molecule has 0 spiro atoms. The van der Waals surface area contributed by atoms with Gasteiger partial charge in [0.25, 0.3) is 5.91 Å². The fourth-order valence-corrected chi connectivity index (χ4v) is 3.04. The molecule has 0 saturated carbocycles. The van der Waals surface area contributed by atoms with Gasteiger partial charge in [0, 0.05) is 25.2 Å². The molecule has 3 rings (SSSR count). The lowest BCUT2D eigenvalue weighted by Gasteiger charge is -2.17. The average molecular weight is 326 g/mol. The lowest BCUT2D eigenvalue weighted by molar-refractivity contribution is 0.0696. The number of carbonyl (C=O) groups is 2. The van der Waals surface area contributed by atoms with E-state index in [1.54, 1.807) is 12.0 Å². The quantitative estimate of drug-likeness (QED) is 0.933. The summed E-state index contributed by atoms with van der Waals surface area (Å²) in [6, 6.07) is 10.5. The number of nitrogens with zero attached hydrogens (tertiary/aromatic N) is 2. The fourth-order valence-electron chi connectivity index (χ4n) is 3.04. The Morgan fingerprint density at radius 3 is 2.83 bits per heavy atom. The molecule has 0 bridgehead atoms. The summed E-state index contributed by atoms with van der Waals surface area (Å²) in [5.74, 6) is -0.286. The maximum atomic E-state index is 12.6. The maximum absolute atomic E-state index is 12.6. The van der Waals surface area contributed by atoms with E-state index >= 15 is 0 Å². The summed E-state index contributed by atoms with van der Waals surface area (Å²) >= 11 is 0. The van der Waals surface area contributed by atoms with Gasteiger partial charge in [0.2, 0.25) is 0 Å². The van der Waals surface area contributed by atoms with Gasteiger partial charge in [-0.25, -0.2) is 4.79 Å². The molecule has 2 heterocycles. The number of pyridine rings is 1. The molecule has 124 valence electrons. The van der Waals surface area contributed by atoms with Crippen LogP contribution in [0.25, 0.3) is 0 Å². The van der Waals surface area contributed by atoms with E-state index < -0.39 is 5.97 Å². The zero-order valence-electron chi connectivity index (χ0n) is 13.3. The molecule has 6 nitrogen and oxygen atoms in total. The van der Waals surface area contributed by atoms with Crippen molar-refractivity contribution in [3.63, 3.8) is 0 Å². The summed E-state index contributed by atoms with van der Waals surface area (Å²) in [6.07, 6.45) is 2.19. The number of aromatic nitrogens is 1. The standard InChI is InChI=1S/C18H18N2O4/c1-24-16-5-3-2-4-14(16)13-7-9-20(11-13)17(21)15-10-12(18(22)23)6-8-19-15/h2-6,8,10,13H,7,9,11H2,1H3,(H,22,23). The van der Waals surface area contributed by atoms with Crippen molar-refractivity contribution >= 4 is 11.9 Å². The van der Waals surface area contributed by atoms with Crippen LogP contribution in [-0.2, 0) is 0 Å². The Morgan fingerprint density at radius 1 is 1.29 bits per heavy atom. The maximum Gasteiger partial charge on any atom is 0.335 e. The number of amides is 1. The van der Waals surface area contributed by atoms with Gasteiger partial charge >= 0.3 is 5.97 Å². The largest absolute Gasteiger partial charge is 0.496 e. The molecule has 2 aromatic rings. The number of rotatable bonds is 4. The summed E-state index contributed by atoms with van der Waals surface area (Å²) < 4.78 is 5.40. The molecule has 0 aliphatic carbocycles. The molecule has 1 saturated heterocycles. The molecule has 1 aliphatic heterocycles.